The number of amides is 4. The number of hydrogen-bond donors (Lipinski definition) is 1. The standard InChI is InChI=1S/C25H25N3O5/c1-14-12-25(2,3)27(4)19-7-5-15(9-17(14)19)10-18-22(29)26-24(31)28(23(18)30)16-6-8-20-21(11-16)33-13-32-20/h5-11,14H,12-13H2,1-4H3,(H,26,29,31)/b18-10+/t14-/m0/s1. The maximum Gasteiger partial charge on any atom is 0.335 e. The summed E-state index contributed by atoms with van der Waals surface area (Å²) in [5, 5.41) is 2.26. The number of anilines is 2. The summed E-state index contributed by atoms with van der Waals surface area (Å²) in [7, 11) is 2.08. The van der Waals surface area contributed by atoms with E-state index in [2.05, 4.69) is 38.0 Å². The second kappa shape index (κ2) is 7.37. The van der Waals surface area contributed by atoms with E-state index in [1.807, 2.05) is 18.2 Å². The van der Waals surface area contributed by atoms with Crippen LogP contribution in [0.1, 0.15) is 44.2 Å². The van der Waals surface area contributed by atoms with Crippen molar-refractivity contribution >= 4 is 35.3 Å². The number of carbonyl (C=O) groups is 3. The number of barbiturate groups is 1. The highest BCUT2D eigenvalue weighted by atomic mass is 16.7. The van der Waals surface area contributed by atoms with Crippen molar-refractivity contribution < 1.29 is 23.9 Å². The lowest BCUT2D eigenvalue weighted by Gasteiger charge is -2.45. The van der Waals surface area contributed by atoms with Gasteiger partial charge in [0.1, 0.15) is 5.57 Å². The molecule has 4 amide bonds. The van der Waals surface area contributed by atoms with Crippen LogP contribution in [-0.2, 0) is 9.59 Å². The number of rotatable bonds is 2. The highest BCUT2D eigenvalue weighted by Gasteiger charge is 2.38. The molecule has 1 fully saturated rings. The Morgan fingerprint density at radius 3 is 2.61 bits per heavy atom. The molecule has 5 rings (SSSR count). The molecule has 0 aliphatic carbocycles. The molecule has 33 heavy (non-hydrogen) atoms. The molecule has 0 radical (unpaired) electrons. The lowest BCUT2D eigenvalue weighted by molar-refractivity contribution is -0.122. The van der Waals surface area contributed by atoms with Gasteiger partial charge in [0.2, 0.25) is 6.79 Å². The number of imide groups is 2. The topological polar surface area (TPSA) is 88.2 Å². The van der Waals surface area contributed by atoms with Gasteiger partial charge in [-0.3, -0.25) is 14.9 Å². The number of fused-ring (bicyclic) bond motifs is 2. The van der Waals surface area contributed by atoms with Crippen LogP contribution >= 0.6 is 0 Å². The second-order valence-corrected chi connectivity index (χ2v) is 9.29. The Kier molecular flexibility index (Phi) is 4.70. The lowest BCUT2D eigenvalue weighted by Crippen LogP contribution is -2.54. The predicted molar refractivity (Wildman–Crippen MR) is 124 cm³/mol. The summed E-state index contributed by atoms with van der Waals surface area (Å²) in [6, 6.07) is 9.87. The lowest BCUT2D eigenvalue weighted by atomic mass is 9.80. The molecule has 3 aliphatic heterocycles. The van der Waals surface area contributed by atoms with Crippen molar-refractivity contribution in [2.45, 2.75) is 38.6 Å². The number of ether oxygens (including phenoxy) is 2. The van der Waals surface area contributed by atoms with Crippen molar-refractivity contribution in [1.29, 1.82) is 0 Å². The van der Waals surface area contributed by atoms with Crippen LogP contribution in [0, 0.1) is 0 Å². The Hall–Kier alpha value is -3.81. The summed E-state index contributed by atoms with van der Waals surface area (Å²) in [4.78, 5) is 41.5. The summed E-state index contributed by atoms with van der Waals surface area (Å²) in [5.41, 5.74) is 3.26. The van der Waals surface area contributed by atoms with Crippen LogP contribution in [0.2, 0.25) is 0 Å². The SMILES string of the molecule is C[C@H]1CC(C)(C)N(C)c2ccc(/C=C3\C(=O)NC(=O)N(c4ccc5c(c4)OCO5)C3=O)cc21. The van der Waals surface area contributed by atoms with Gasteiger partial charge in [0.05, 0.1) is 5.69 Å². The van der Waals surface area contributed by atoms with Gasteiger partial charge in [0.15, 0.2) is 11.5 Å². The van der Waals surface area contributed by atoms with Gasteiger partial charge in [-0.25, -0.2) is 9.69 Å². The van der Waals surface area contributed by atoms with Crippen LogP contribution in [0.5, 0.6) is 11.5 Å². The minimum absolute atomic E-state index is 0.0388. The average molecular weight is 447 g/mol. The second-order valence-electron chi connectivity index (χ2n) is 9.29. The Morgan fingerprint density at radius 2 is 1.82 bits per heavy atom. The molecule has 8 nitrogen and oxygen atoms in total. The molecule has 0 bridgehead atoms. The first-order valence-electron chi connectivity index (χ1n) is 10.8. The Labute approximate surface area is 191 Å². The largest absolute Gasteiger partial charge is 0.454 e. The van der Waals surface area contributed by atoms with E-state index in [1.165, 1.54) is 11.6 Å². The molecule has 0 spiro atoms. The van der Waals surface area contributed by atoms with Gasteiger partial charge in [0, 0.05) is 24.3 Å². The minimum Gasteiger partial charge on any atom is -0.454 e. The highest BCUT2D eigenvalue weighted by molar-refractivity contribution is 6.39. The van der Waals surface area contributed by atoms with Gasteiger partial charge in [-0.05, 0) is 67.7 Å². The molecule has 3 heterocycles. The van der Waals surface area contributed by atoms with E-state index in [1.54, 1.807) is 18.2 Å². The number of nitrogens with zero attached hydrogens (tertiary/aromatic N) is 2. The number of benzene rings is 2. The first-order valence-corrected chi connectivity index (χ1v) is 10.8. The van der Waals surface area contributed by atoms with Crippen molar-refractivity contribution in [3.8, 4) is 11.5 Å². The third-order valence-electron chi connectivity index (χ3n) is 6.68. The van der Waals surface area contributed by atoms with Gasteiger partial charge in [-0.2, -0.15) is 0 Å². The zero-order valence-corrected chi connectivity index (χ0v) is 19.0. The molecule has 1 atom stereocenters. The first-order chi connectivity index (χ1) is 15.7. The third-order valence-corrected chi connectivity index (χ3v) is 6.68. The Balaban J connectivity index is 1.51. The fraction of sp³-hybridized carbons (Fsp3) is 0.320. The molecule has 170 valence electrons. The molecular weight excluding hydrogens is 422 g/mol. The van der Waals surface area contributed by atoms with Crippen molar-refractivity contribution in [2.24, 2.45) is 0 Å². The summed E-state index contributed by atoms with van der Waals surface area (Å²) in [5.74, 6) is -0.108. The predicted octanol–water partition coefficient (Wildman–Crippen LogP) is 3.80. The molecule has 0 saturated carbocycles. The van der Waals surface area contributed by atoms with E-state index in [0.717, 1.165) is 22.6 Å². The van der Waals surface area contributed by atoms with Crippen LogP contribution in [-0.4, -0.2) is 37.2 Å². The van der Waals surface area contributed by atoms with E-state index in [0.29, 0.717) is 23.1 Å². The quantitative estimate of drug-likeness (QED) is 0.557. The zero-order valence-electron chi connectivity index (χ0n) is 19.0. The molecule has 2 aromatic carbocycles. The summed E-state index contributed by atoms with van der Waals surface area (Å²) in [6.45, 7) is 6.69. The normalized spacial score (nSPS) is 22.5. The smallest absolute Gasteiger partial charge is 0.335 e. The minimum atomic E-state index is -0.802. The van der Waals surface area contributed by atoms with Gasteiger partial charge in [-0.15, -0.1) is 0 Å². The summed E-state index contributed by atoms with van der Waals surface area (Å²) >= 11 is 0. The molecule has 0 aromatic heterocycles. The Bertz CT molecular complexity index is 1230. The van der Waals surface area contributed by atoms with Crippen molar-refractivity contribution in [1.82, 2.24) is 5.32 Å². The van der Waals surface area contributed by atoms with E-state index < -0.39 is 17.8 Å². The fourth-order valence-corrected chi connectivity index (χ4v) is 4.77. The maximum absolute atomic E-state index is 13.2. The molecule has 8 heteroatoms. The summed E-state index contributed by atoms with van der Waals surface area (Å²) in [6.07, 6.45) is 2.53. The zero-order chi connectivity index (χ0) is 23.5. The molecule has 0 unspecified atom stereocenters. The van der Waals surface area contributed by atoms with Gasteiger partial charge < -0.3 is 14.4 Å². The number of nitrogens with one attached hydrogen (secondary N) is 1. The van der Waals surface area contributed by atoms with Gasteiger partial charge >= 0.3 is 6.03 Å². The third kappa shape index (κ3) is 3.42. The van der Waals surface area contributed by atoms with Crippen LogP contribution < -0.4 is 24.6 Å². The molecular formula is C25H25N3O5. The van der Waals surface area contributed by atoms with E-state index >= 15 is 0 Å². The number of carbonyl (C=O) groups excluding carboxylic acids is 3. The monoisotopic (exact) mass is 447 g/mol. The van der Waals surface area contributed by atoms with Crippen LogP contribution in [0.3, 0.4) is 0 Å². The van der Waals surface area contributed by atoms with Crippen molar-refractivity contribution in [3.63, 3.8) is 0 Å². The maximum atomic E-state index is 13.2. The van der Waals surface area contributed by atoms with Crippen LogP contribution in [0.15, 0.2) is 42.0 Å². The molecule has 1 N–H and O–H groups in total. The van der Waals surface area contributed by atoms with E-state index in [9.17, 15) is 14.4 Å². The Morgan fingerprint density at radius 1 is 1.06 bits per heavy atom. The van der Waals surface area contributed by atoms with Gasteiger partial charge in [-0.1, -0.05) is 13.0 Å². The van der Waals surface area contributed by atoms with E-state index in [-0.39, 0.29) is 17.9 Å². The van der Waals surface area contributed by atoms with E-state index in [4.69, 9.17) is 9.47 Å². The van der Waals surface area contributed by atoms with Crippen molar-refractivity contribution in [2.75, 3.05) is 23.6 Å². The van der Waals surface area contributed by atoms with Gasteiger partial charge in [0.25, 0.3) is 11.8 Å². The fourth-order valence-electron chi connectivity index (χ4n) is 4.77. The number of urea groups is 1. The molecule has 1 saturated heterocycles. The first kappa shape index (κ1) is 21.1. The molecule has 3 aliphatic rings. The number of hydrogen-bond acceptors (Lipinski definition) is 6. The van der Waals surface area contributed by atoms with Crippen LogP contribution in [0.4, 0.5) is 16.2 Å². The van der Waals surface area contributed by atoms with Crippen molar-refractivity contribution in [3.05, 3.63) is 53.1 Å². The molecule has 2 aromatic rings. The average Bonchev–Trinajstić information content (AvgIpc) is 3.23. The summed E-state index contributed by atoms with van der Waals surface area (Å²) < 4.78 is 10.6. The van der Waals surface area contributed by atoms with Crippen LogP contribution in [0.25, 0.3) is 6.08 Å². The highest BCUT2D eigenvalue weighted by Crippen LogP contribution is 2.43.